The number of halogens is 2. The summed E-state index contributed by atoms with van der Waals surface area (Å²) in [5.74, 6) is -3.34. The van der Waals surface area contributed by atoms with Crippen molar-refractivity contribution in [3.05, 3.63) is 73.3 Å². The lowest BCUT2D eigenvalue weighted by molar-refractivity contribution is -0.129. The number of benzene rings is 2. The maximum Gasteiger partial charge on any atom is 0.335 e. The quantitative estimate of drug-likeness (QED) is 0.475. The van der Waals surface area contributed by atoms with Crippen LogP contribution in [0.4, 0.5) is 8.78 Å². The van der Waals surface area contributed by atoms with Crippen LogP contribution in [0.5, 0.6) is 11.5 Å². The molecule has 0 unspecified atom stereocenters. The molecule has 0 aliphatic heterocycles. The van der Waals surface area contributed by atoms with Crippen molar-refractivity contribution in [1.29, 1.82) is 0 Å². The van der Waals surface area contributed by atoms with Crippen molar-refractivity contribution < 1.29 is 27.8 Å². The first kappa shape index (κ1) is 17.1. The predicted octanol–water partition coefficient (Wildman–Crippen LogP) is 3.81. The number of ether oxygens (including phenoxy) is 2. The first-order chi connectivity index (χ1) is 11.4. The minimum absolute atomic E-state index is 0.209. The third-order valence-electron chi connectivity index (χ3n) is 2.93. The molecule has 0 atom stereocenters. The summed E-state index contributed by atoms with van der Waals surface area (Å²) in [6.45, 7) is 6.46. The predicted molar refractivity (Wildman–Crippen MR) is 83.5 cm³/mol. The molecule has 0 fully saturated rings. The molecule has 0 aliphatic carbocycles. The molecule has 0 amide bonds. The van der Waals surface area contributed by atoms with E-state index in [9.17, 15) is 18.4 Å². The van der Waals surface area contributed by atoms with Gasteiger partial charge in [0.1, 0.15) is 23.1 Å². The van der Waals surface area contributed by atoms with E-state index in [1.807, 2.05) is 0 Å². The highest BCUT2D eigenvalue weighted by molar-refractivity contribution is 5.84. The Morgan fingerprint density at radius 2 is 1.29 bits per heavy atom. The van der Waals surface area contributed by atoms with Gasteiger partial charge in [0, 0.05) is 24.3 Å². The Morgan fingerprint density at radius 3 is 1.75 bits per heavy atom. The van der Waals surface area contributed by atoms with Gasteiger partial charge in [0.2, 0.25) is 0 Å². The first-order valence-corrected chi connectivity index (χ1v) is 6.72. The maximum absolute atomic E-state index is 14.2. The molecular formula is C18H12F2O4. The highest BCUT2D eigenvalue weighted by Gasteiger charge is 2.15. The fourth-order valence-electron chi connectivity index (χ4n) is 1.89. The maximum atomic E-state index is 14.2. The zero-order valence-electron chi connectivity index (χ0n) is 12.4. The molecule has 2 aromatic rings. The number of rotatable bonds is 5. The summed E-state index contributed by atoms with van der Waals surface area (Å²) in [6, 6.07) is 7.35. The summed E-state index contributed by atoms with van der Waals surface area (Å²) in [5.41, 5.74) is -0.0694. The number of hydrogen-bond donors (Lipinski definition) is 0. The molecule has 122 valence electrons. The van der Waals surface area contributed by atoms with Gasteiger partial charge in [0.25, 0.3) is 0 Å². The average Bonchev–Trinajstić information content (AvgIpc) is 2.55. The van der Waals surface area contributed by atoms with Gasteiger partial charge in [-0.2, -0.15) is 0 Å². The van der Waals surface area contributed by atoms with E-state index in [0.717, 1.165) is 24.3 Å². The van der Waals surface area contributed by atoms with Crippen molar-refractivity contribution in [3.63, 3.8) is 0 Å². The van der Waals surface area contributed by atoms with Gasteiger partial charge < -0.3 is 9.47 Å². The molecule has 0 N–H and O–H groups in total. The SMILES string of the molecule is C=CC(=O)Oc1ccc(-c2c(F)cc(OC(=O)C=C)cc2F)cc1. The molecule has 2 aromatic carbocycles. The number of esters is 2. The van der Waals surface area contributed by atoms with E-state index in [1.54, 1.807) is 0 Å². The molecule has 24 heavy (non-hydrogen) atoms. The molecule has 2 rings (SSSR count). The third kappa shape index (κ3) is 3.92. The van der Waals surface area contributed by atoms with Crippen molar-refractivity contribution in [2.45, 2.75) is 0 Å². The van der Waals surface area contributed by atoms with Gasteiger partial charge in [-0.15, -0.1) is 0 Å². The Morgan fingerprint density at radius 1 is 0.833 bits per heavy atom. The number of hydrogen-bond acceptors (Lipinski definition) is 4. The minimum Gasteiger partial charge on any atom is -0.423 e. The van der Waals surface area contributed by atoms with Crippen LogP contribution in [0.1, 0.15) is 0 Å². The number of carbonyl (C=O) groups excluding carboxylic acids is 2. The lowest BCUT2D eigenvalue weighted by atomic mass is 10.0. The van der Waals surface area contributed by atoms with Crippen LogP contribution in [-0.2, 0) is 9.59 Å². The van der Waals surface area contributed by atoms with Crippen LogP contribution in [0, 0.1) is 11.6 Å². The van der Waals surface area contributed by atoms with Crippen LogP contribution in [0.2, 0.25) is 0 Å². The molecular weight excluding hydrogens is 318 g/mol. The topological polar surface area (TPSA) is 52.6 Å². The van der Waals surface area contributed by atoms with Crippen LogP contribution in [0.15, 0.2) is 61.7 Å². The Hall–Kier alpha value is -3.28. The Labute approximate surface area is 136 Å². The molecule has 0 saturated carbocycles. The summed E-state index contributed by atoms with van der Waals surface area (Å²) < 4.78 is 37.9. The van der Waals surface area contributed by atoms with Gasteiger partial charge in [0.05, 0.1) is 5.56 Å². The van der Waals surface area contributed by atoms with Crippen LogP contribution >= 0.6 is 0 Å². The standard InChI is InChI=1S/C18H12F2O4/c1-3-16(21)23-12-7-5-11(6-8-12)18-14(19)9-13(10-15(18)20)24-17(22)4-2/h3-10H,1-2H2. The molecule has 0 aromatic heterocycles. The van der Waals surface area contributed by atoms with Gasteiger partial charge in [-0.1, -0.05) is 25.3 Å². The van der Waals surface area contributed by atoms with Crippen molar-refractivity contribution in [2.75, 3.05) is 0 Å². The second-order valence-corrected chi connectivity index (χ2v) is 4.54. The zero-order valence-corrected chi connectivity index (χ0v) is 12.4. The fraction of sp³-hybridized carbons (Fsp3) is 0. The van der Waals surface area contributed by atoms with Crippen molar-refractivity contribution in [1.82, 2.24) is 0 Å². The number of carbonyl (C=O) groups is 2. The highest BCUT2D eigenvalue weighted by atomic mass is 19.1. The Kier molecular flexibility index (Phi) is 5.21. The monoisotopic (exact) mass is 330 g/mol. The lowest BCUT2D eigenvalue weighted by Crippen LogP contribution is -2.04. The summed E-state index contributed by atoms with van der Waals surface area (Å²) >= 11 is 0. The Bertz CT molecular complexity index is 787. The van der Waals surface area contributed by atoms with Crippen LogP contribution < -0.4 is 9.47 Å². The van der Waals surface area contributed by atoms with E-state index in [4.69, 9.17) is 4.74 Å². The molecule has 0 radical (unpaired) electrons. The molecule has 6 heteroatoms. The van der Waals surface area contributed by atoms with E-state index in [1.165, 1.54) is 24.3 Å². The molecule has 4 nitrogen and oxygen atoms in total. The zero-order chi connectivity index (χ0) is 17.7. The van der Waals surface area contributed by atoms with Crippen LogP contribution in [0.3, 0.4) is 0 Å². The summed E-state index contributed by atoms with van der Waals surface area (Å²) in [6.07, 6.45) is 1.88. The molecule has 0 heterocycles. The summed E-state index contributed by atoms with van der Waals surface area (Å²) in [4.78, 5) is 22.2. The second kappa shape index (κ2) is 7.32. The van der Waals surface area contributed by atoms with Gasteiger partial charge >= 0.3 is 11.9 Å². The third-order valence-corrected chi connectivity index (χ3v) is 2.93. The fourth-order valence-corrected chi connectivity index (χ4v) is 1.89. The van der Waals surface area contributed by atoms with Crippen molar-refractivity contribution >= 4 is 11.9 Å². The van der Waals surface area contributed by atoms with Gasteiger partial charge in [-0.3, -0.25) is 0 Å². The normalized spacial score (nSPS) is 9.92. The lowest BCUT2D eigenvalue weighted by Gasteiger charge is -2.09. The van der Waals surface area contributed by atoms with E-state index in [2.05, 4.69) is 17.9 Å². The Balaban J connectivity index is 2.31. The van der Waals surface area contributed by atoms with Crippen LogP contribution in [0.25, 0.3) is 11.1 Å². The molecule has 0 bridgehead atoms. The molecule has 0 aliphatic rings. The van der Waals surface area contributed by atoms with Gasteiger partial charge in [-0.25, -0.2) is 18.4 Å². The van der Waals surface area contributed by atoms with E-state index in [0.29, 0.717) is 0 Å². The minimum atomic E-state index is -0.905. The summed E-state index contributed by atoms with van der Waals surface area (Å²) in [7, 11) is 0. The first-order valence-electron chi connectivity index (χ1n) is 6.72. The van der Waals surface area contributed by atoms with Gasteiger partial charge in [-0.05, 0) is 17.7 Å². The van der Waals surface area contributed by atoms with Crippen molar-refractivity contribution in [3.8, 4) is 22.6 Å². The largest absolute Gasteiger partial charge is 0.423 e. The molecule has 0 spiro atoms. The van der Waals surface area contributed by atoms with Crippen molar-refractivity contribution in [2.24, 2.45) is 0 Å². The molecule has 0 saturated heterocycles. The van der Waals surface area contributed by atoms with E-state index in [-0.39, 0.29) is 22.6 Å². The van der Waals surface area contributed by atoms with E-state index < -0.39 is 23.6 Å². The average molecular weight is 330 g/mol. The van der Waals surface area contributed by atoms with Crippen LogP contribution in [-0.4, -0.2) is 11.9 Å². The summed E-state index contributed by atoms with van der Waals surface area (Å²) in [5, 5.41) is 0. The highest BCUT2D eigenvalue weighted by Crippen LogP contribution is 2.31. The van der Waals surface area contributed by atoms with Gasteiger partial charge in [0.15, 0.2) is 0 Å². The smallest absolute Gasteiger partial charge is 0.335 e. The second-order valence-electron chi connectivity index (χ2n) is 4.54. The van der Waals surface area contributed by atoms with E-state index >= 15 is 0 Å².